The normalized spacial score (nSPS) is 9.74. The zero-order valence-electron chi connectivity index (χ0n) is 11.5. The molecule has 0 radical (unpaired) electrons. The van der Waals surface area contributed by atoms with E-state index in [1.807, 2.05) is 19.1 Å². The summed E-state index contributed by atoms with van der Waals surface area (Å²) in [4.78, 5) is 11.6. The van der Waals surface area contributed by atoms with E-state index in [9.17, 15) is 4.79 Å². The second-order valence-corrected chi connectivity index (χ2v) is 4.40. The van der Waals surface area contributed by atoms with Crippen molar-refractivity contribution in [2.45, 2.75) is 33.3 Å². The zero-order chi connectivity index (χ0) is 14.3. The lowest BCUT2D eigenvalue weighted by Gasteiger charge is -2.11. The van der Waals surface area contributed by atoms with E-state index in [1.54, 1.807) is 19.9 Å². The number of carbonyl (C=O) groups is 1. The highest BCUT2D eigenvalue weighted by molar-refractivity contribution is 5.86. The number of anilines is 1. The van der Waals surface area contributed by atoms with Crippen LogP contribution in [0.5, 0.6) is 0 Å². The van der Waals surface area contributed by atoms with Gasteiger partial charge < -0.3 is 9.84 Å². The van der Waals surface area contributed by atoms with Crippen molar-refractivity contribution in [3.8, 4) is 11.8 Å². The Bertz CT molecular complexity index is 498. The molecule has 0 unspecified atom stereocenters. The van der Waals surface area contributed by atoms with Crippen molar-refractivity contribution in [3.63, 3.8) is 0 Å². The van der Waals surface area contributed by atoms with Gasteiger partial charge in [-0.25, -0.2) is 4.79 Å². The Morgan fingerprint density at radius 2 is 2.21 bits per heavy atom. The molecule has 1 rings (SSSR count). The monoisotopic (exact) mass is 261 g/mol. The third kappa shape index (κ3) is 5.45. The van der Waals surface area contributed by atoms with Gasteiger partial charge in [0.15, 0.2) is 0 Å². The van der Waals surface area contributed by atoms with Crippen LogP contribution in [0.4, 0.5) is 10.5 Å². The number of aliphatic hydroxyl groups excluding tert-OH is 1. The van der Waals surface area contributed by atoms with E-state index < -0.39 is 6.09 Å². The Balaban J connectivity index is 2.88. The van der Waals surface area contributed by atoms with Crippen molar-refractivity contribution in [2.24, 2.45) is 0 Å². The Hall–Kier alpha value is -1.99. The quantitative estimate of drug-likeness (QED) is 0.822. The highest BCUT2D eigenvalue weighted by Gasteiger charge is 2.08. The lowest BCUT2D eigenvalue weighted by atomic mass is 10.1. The number of aryl methyl sites for hydroxylation is 1. The van der Waals surface area contributed by atoms with Gasteiger partial charge in [0.1, 0.15) is 0 Å². The number of aliphatic hydroxyl groups is 1. The molecule has 0 fully saturated rings. The fourth-order valence-electron chi connectivity index (χ4n) is 1.44. The average molecular weight is 261 g/mol. The number of hydrogen-bond acceptors (Lipinski definition) is 3. The summed E-state index contributed by atoms with van der Waals surface area (Å²) >= 11 is 0. The predicted octanol–water partition coefficient (Wildman–Crippen LogP) is 2.69. The number of carbonyl (C=O) groups excluding carboxylic acids is 1. The topological polar surface area (TPSA) is 58.6 Å². The van der Waals surface area contributed by atoms with Crippen LogP contribution in [-0.4, -0.2) is 23.9 Å². The van der Waals surface area contributed by atoms with Crippen molar-refractivity contribution in [3.05, 3.63) is 29.3 Å². The minimum absolute atomic E-state index is 0.0248. The molecule has 4 nitrogen and oxygen atoms in total. The van der Waals surface area contributed by atoms with E-state index in [0.29, 0.717) is 17.7 Å². The Labute approximate surface area is 113 Å². The zero-order valence-corrected chi connectivity index (χ0v) is 11.5. The summed E-state index contributed by atoms with van der Waals surface area (Å²) in [6.07, 6.45) is -0.262. The van der Waals surface area contributed by atoms with E-state index in [2.05, 4.69) is 17.2 Å². The van der Waals surface area contributed by atoms with E-state index in [4.69, 9.17) is 9.84 Å². The van der Waals surface area contributed by atoms with E-state index in [1.165, 1.54) is 0 Å². The van der Waals surface area contributed by atoms with Crippen molar-refractivity contribution in [1.29, 1.82) is 0 Å². The summed E-state index contributed by atoms with van der Waals surface area (Å²) in [7, 11) is 0. The fraction of sp³-hybridized carbons (Fsp3) is 0.400. The van der Waals surface area contributed by atoms with Crippen LogP contribution in [0.1, 0.15) is 31.4 Å². The van der Waals surface area contributed by atoms with Gasteiger partial charge in [-0.1, -0.05) is 17.9 Å². The Morgan fingerprint density at radius 1 is 1.47 bits per heavy atom. The van der Waals surface area contributed by atoms with Crippen molar-refractivity contribution in [2.75, 3.05) is 11.9 Å². The molecule has 4 heteroatoms. The van der Waals surface area contributed by atoms with E-state index in [-0.39, 0.29) is 12.7 Å². The molecule has 0 spiro atoms. The summed E-state index contributed by atoms with van der Waals surface area (Å²) < 4.78 is 5.03. The number of benzene rings is 1. The molecule has 0 heterocycles. The molecule has 0 aliphatic heterocycles. The first-order valence-electron chi connectivity index (χ1n) is 6.21. The van der Waals surface area contributed by atoms with Gasteiger partial charge in [0, 0.05) is 12.0 Å². The van der Waals surface area contributed by atoms with Crippen molar-refractivity contribution >= 4 is 11.8 Å². The molecule has 1 amide bonds. The summed E-state index contributed by atoms with van der Waals surface area (Å²) in [6, 6.07) is 5.57. The molecule has 0 aromatic heterocycles. The maximum Gasteiger partial charge on any atom is 0.411 e. The van der Waals surface area contributed by atoms with Gasteiger partial charge in [-0.2, -0.15) is 0 Å². The number of nitrogens with one attached hydrogen (secondary N) is 1. The van der Waals surface area contributed by atoms with Crippen molar-refractivity contribution < 1.29 is 14.6 Å². The van der Waals surface area contributed by atoms with Gasteiger partial charge in [0.05, 0.1) is 18.4 Å². The second kappa shape index (κ2) is 7.45. The summed E-state index contributed by atoms with van der Waals surface area (Å²) in [5, 5.41) is 11.4. The highest BCUT2D eigenvalue weighted by atomic mass is 16.6. The molecule has 0 saturated heterocycles. The Kier molecular flexibility index (Phi) is 5.91. The van der Waals surface area contributed by atoms with Crippen LogP contribution in [0.15, 0.2) is 18.2 Å². The first-order valence-corrected chi connectivity index (χ1v) is 6.21. The number of rotatable bonds is 3. The van der Waals surface area contributed by atoms with Gasteiger partial charge in [0.2, 0.25) is 0 Å². The lowest BCUT2D eigenvalue weighted by molar-refractivity contribution is 0.130. The third-order valence-electron chi connectivity index (χ3n) is 2.21. The highest BCUT2D eigenvalue weighted by Crippen LogP contribution is 2.17. The number of ether oxygens (including phenoxy) is 1. The molecule has 0 bridgehead atoms. The molecule has 0 aliphatic rings. The van der Waals surface area contributed by atoms with Gasteiger partial charge in [-0.15, -0.1) is 0 Å². The first kappa shape index (κ1) is 15.1. The van der Waals surface area contributed by atoms with Crippen LogP contribution in [0, 0.1) is 18.8 Å². The molecule has 0 atom stereocenters. The van der Waals surface area contributed by atoms with Crippen LogP contribution in [-0.2, 0) is 4.74 Å². The molecule has 1 aromatic rings. The van der Waals surface area contributed by atoms with Gasteiger partial charge in [0.25, 0.3) is 0 Å². The third-order valence-corrected chi connectivity index (χ3v) is 2.21. The number of hydrogen-bond donors (Lipinski definition) is 2. The molecular weight excluding hydrogens is 242 g/mol. The number of amides is 1. The predicted molar refractivity (Wildman–Crippen MR) is 75.0 cm³/mol. The Morgan fingerprint density at radius 3 is 2.84 bits per heavy atom. The minimum Gasteiger partial charge on any atom is -0.447 e. The molecule has 1 aromatic carbocycles. The van der Waals surface area contributed by atoms with E-state index in [0.717, 1.165) is 5.56 Å². The molecule has 2 N–H and O–H groups in total. The molecule has 0 aliphatic carbocycles. The van der Waals surface area contributed by atoms with Crippen LogP contribution in [0.25, 0.3) is 0 Å². The molecular formula is C15H19NO3. The van der Waals surface area contributed by atoms with Gasteiger partial charge in [-0.05, 0) is 38.5 Å². The van der Waals surface area contributed by atoms with Crippen LogP contribution in [0.3, 0.4) is 0 Å². The van der Waals surface area contributed by atoms with Crippen LogP contribution >= 0.6 is 0 Å². The smallest absolute Gasteiger partial charge is 0.411 e. The van der Waals surface area contributed by atoms with Crippen LogP contribution in [0.2, 0.25) is 0 Å². The fourth-order valence-corrected chi connectivity index (χ4v) is 1.44. The largest absolute Gasteiger partial charge is 0.447 e. The van der Waals surface area contributed by atoms with Crippen molar-refractivity contribution in [1.82, 2.24) is 0 Å². The lowest BCUT2D eigenvalue weighted by Crippen LogP contribution is -2.18. The molecule has 102 valence electrons. The van der Waals surface area contributed by atoms with E-state index >= 15 is 0 Å². The van der Waals surface area contributed by atoms with Gasteiger partial charge >= 0.3 is 6.09 Å². The second-order valence-electron chi connectivity index (χ2n) is 4.40. The maximum atomic E-state index is 11.6. The SMILES string of the molecule is Cc1ccc(NC(=O)OC(C)C)c(C#CCCO)c1. The molecule has 0 saturated carbocycles. The molecule has 19 heavy (non-hydrogen) atoms. The van der Waals surface area contributed by atoms with Crippen LogP contribution < -0.4 is 5.32 Å². The summed E-state index contributed by atoms with van der Waals surface area (Å²) in [6.45, 7) is 5.55. The summed E-state index contributed by atoms with van der Waals surface area (Å²) in [5.41, 5.74) is 2.38. The maximum absolute atomic E-state index is 11.6. The summed E-state index contributed by atoms with van der Waals surface area (Å²) in [5.74, 6) is 5.77. The standard InChI is InChI=1S/C15H19NO3/c1-11(2)19-15(18)16-14-8-7-12(3)10-13(14)6-4-5-9-17/h7-8,10-11,17H,5,9H2,1-3H3,(H,16,18). The minimum atomic E-state index is -0.496. The van der Waals surface area contributed by atoms with Gasteiger partial charge in [-0.3, -0.25) is 5.32 Å². The average Bonchev–Trinajstić information content (AvgIpc) is 2.32. The first-order chi connectivity index (χ1) is 9.02.